The standard InChI is InChI=1S/C22H19N5O2/c1-15-10-16(2)12-17(11-15)22(28)26-18-4-6-19(7-5-18)29-21-13-20(23-14-24-21)27-9-3-8-25-27/h3-14H,1-2H3,(H,26,28). The minimum absolute atomic E-state index is 0.148. The average molecular weight is 385 g/mol. The second-order valence-electron chi connectivity index (χ2n) is 6.62. The lowest BCUT2D eigenvalue weighted by atomic mass is 10.1. The number of carbonyl (C=O) groups is 1. The number of anilines is 1. The van der Waals surface area contributed by atoms with Gasteiger partial charge in [0.15, 0.2) is 5.82 Å². The molecule has 4 rings (SSSR count). The largest absolute Gasteiger partial charge is 0.439 e. The molecule has 0 unspecified atom stereocenters. The maximum atomic E-state index is 12.5. The Morgan fingerprint density at radius 2 is 1.76 bits per heavy atom. The van der Waals surface area contributed by atoms with Crippen molar-refractivity contribution in [1.29, 1.82) is 0 Å². The maximum absolute atomic E-state index is 12.5. The van der Waals surface area contributed by atoms with Crippen LogP contribution in [0.2, 0.25) is 0 Å². The van der Waals surface area contributed by atoms with E-state index in [1.54, 1.807) is 47.4 Å². The molecule has 1 amide bonds. The van der Waals surface area contributed by atoms with Crippen LogP contribution in [0.25, 0.3) is 5.82 Å². The van der Waals surface area contributed by atoms with E-state index in [0.29, 0.717) is 28.7 Å². The number of aryl methyl sites for hydroxylation is 2. The second kappa shape index (κ2) is 7.93. The lowest BCUT2D eigenvalue weighted by molar-refractivity contribution is 0.102. The van der Waals surface area contributed by atoms with E-state index in [9.17, 15) is 4.79 Å². The molecular formula is C22H19N5O2. The summed E-state index contributed by atoms with van der Waals surface area (Å²) in [5.41, 5.74) is 3.42. The summed E-state index contributed by atoms with van der Waals surface area (Å²) in [6, 6.07) is 16.4. The molecule has 0 atom stereocenters. The molecule has 0 fully saturated rings. The monoisotopic (exact) mass is 385 g/mol. The molecule has 0 aliphatic rings. The predicted octanol–water partition coefficient (Wildman–Crippen LogP) is 4.32. The Morgan fingerprint density at radius 3 is 2.45 bits per heavy atom. The van der Waals surface area contributed by atoms with E-state index in [1.165, 1.54) is 6.33 Å². The van der Waals surface area contributed by atoms with Crippen molar-refractivity contribution in [2.75, 3.05) is 5.32 Å². The van der Waals surface area contributed by atoms with Crippen LogP contribution in [0.5, 0.6) is 11.6 Å². The minimum atomic E-state index is -0.148. The highest BCUT2D eigenvalue weighted by atomic mass is 16.5. The summed E-state index contributed by atoms with van der Waals surface area (Å²) in [5.74, 6) is 1.46. The fourth-order valence-electron chi connectivity index (χ4n) is 2.95. The molecule has 2 aromatic carbocycles. The van der Waals surface area contributed by atoms with Crippen molar-refractivity contribution in [2.24, 2.45) is 0 Å². The molecule has 0 spiro atoms. The van der Waals surface area contributed by atoms with Crippen LogP contribution in [0.4, 0.5) is 5.69 Å². The Morgan fingerprint density at radius 1 is 1.00 bits per heavy atom. The highest BCUT2D eigenvalue weighted by molar-refractivity contribution is 6.04. The molecule has 2 heterocycles. The fraction of sp³-hybridized carbons (Fsp3) is 0.0909. The Labute approximate surface area is 168 Å². The number of carbonyl (C=O) groups excluding carboxylic acids is 1. The van der Waals surface area contributed by atoms with Gasteiger partial charge >= 0.3 is 0 Å². The predicted molar refractivity (Wildman–Crippen MR) is 110 cm³/mol. The lowest BCUT2D eigenvalue weighted by Crippen LogP contribution is -2.12. The molecule has 144 valence electrons. The molecule has 0 aliphatic heterocycles. The topological polar surface area (TPSA) is 81.9 Å². The van der Waals surface area contributed by atoms with Crippen molar-refractivity contribution in [3.05, 3.63) is 90.0 Å². The summed E-state index contributed by atoms with van der Waals surface area (Å²) in [6.07, 6.45) is 4.89. The van der Waals surface area contributed by atoms with Gasteiger partial charge in [-0.1, -0.05) is 17.2 Å². The van der Waals surface area contributed by atoms with Crippen LogP contribution in [0.1, 0.15) is 21.5 Å². The van der Waals surface area contributed by atoms with Crippen molar-refractivity contribution in [3.63, 3.8) is 0 Å². The number of hydrogen-bond donors (Lipinski definition) is 1. The first-order valence-electron chi connectivity index (χ1n) is 9.06. The van der Waals surface area contributed by atoms with Gasteiger partial charge in [0.25, 0.3) is 5.91 Å². The van der Waals surface area contributed by atoms with E-state index in [1.807, 2.05) is 38.1 Å². The van der Waals surface area contributed by atoms with Gasteiger partial charge in [-0.2, -0.15) is 5.10 Å². The normalized spacial score (nSPS) is 10.6. The second-order valence-corrected chi connectivity index (χ2v) is 6.62. The van der Waals surface area contributed by atoms with Crippen LogP contribution in [0.3, 0.4) is 0 Å². The van der Waals surface area contributed by atoms with Crippen LogP contribution in [0, 0.1) is 13.8 Å². The first kappa shape index (κ1) is 18.4. The Hall–Kier alpha value is -4.00. The van der Waals surface area contributed by atoms with E-state index in [-0.39, 0.29) is 5.91 Å². The number of hydrogen-bond acceptors (Lipinski definition) is 5. The number of nitrogens with zero attached hydrogens (tertiary/aromatic N) is 4. The lowest BCUT2D eigenvalue weighted by Gasteiger charge is -2.09. The number of amides is 1. The number of benzene rings is 2. The van der Waals surface area contributed by atoms with Crippen LogP contribution in [-0.2, 0) is 0 Å². The zero-order chi connectivity index (χ0) is 20.2. The summed E-state index contributed by atoms with van der Waals surface area (Å²) in [6.45, 7) is 3.95. The summed E-state index contributed by atoms with van der Waals surface area (Å²) in [5, 5.41) is 7.04. The maximum Gasteiger partial charge on any atom is 0.255 e. The molecule has 0 saturated carbocycles. The third kappa shape index (κ3) is 4.47. The van der Waals surface area contributed by atoms with Crippen LogP contribution in [0.15, 0.2) is 73.3 Å². The molecule has 29 heavy (non-hydrogen) atoms. The van der Waals surface area contributed by atoms with Gasteiger partial charge in [-0.05, 0) is 56.3 Å². The smallest absolute Gasteiger partial charge is 0.255 e. The van der Waals surface area contributed by atoms with Gasteiger partial charge in [-0.3, -0.25) is 4.79 Å². The van der Waals surface area contributed by atoms with Gasteiger partial charge < -0.3 is 10.1 Å². The quantitative estimate of drug-likeness (QED) is 0.553. The van der Waals surface area contributed by atoms with Gasteiger partial charge in [0.1, 0.15) is 12.1 Å². The molecule has 7 nitrogen and oxygen atoms in total. The van der Waals surface area contributed by atoms with Gasteiger partial charge in [0, 0.05) is 29.7 Å². The molecule has 0 radical (unpaired) electrons. The number of aromatic nitrogens is 4. The molecule has 2 aromatic heterocycles. The van der Waals surface area contributed by atoms with E-state index >= 15 is 0 Å². The Balaban J connectivity index is 1.44. The fourth-order valence-corrected chi connectivity index (χ4v) is 2.95. The average Bonchev–Trinajstić information content (AvgIpc) is 3.24. The zero-order valence-electron chi connectivity index (χ0n) is 16.0. The molecule has 0 bridgehead atoms. The van der Waals surface area contributed by atoms with Crippen LogP contribution >= 0.6 is 0 Å². The third-order valence-corrected chi connectivity index (χ3v) is 4.19. The molecule has 0 aliphatic carbocycles. The van der Waals surface area contributed by atoms with Gasteiger partial charge in [-0.15, -0.1) is 0 Å². The summed E-state index contributed by atoms with van der Waals surface area (Å²) in [4.78, 5) is 20.8. The van der Waals surface area contributed by atoms with Gasteiger partial charge in [-0.25, -0.2) is 14.6 Å². The third-order valence-electron chi connectivity index (χ3n) is 4.19. The van der Waals surface area contributed by atoms with Crippen LogP contribution in [-0.4, -0.2) is 25.7 Å². The minimum Gasteiger partial charge on any atom is -0.439 e. The van der Waals surface area contributed by atoms with E-state index in [0.717, 1.165) is 11.1 Å². The highest BCUT2D eigenvalue weighted by Crippen LogP contribution is 2.22. The summed E-state index contributed by atoms with van der Waals surface area (Å²) in [7, 11) is 0. The number of ether oxygens (including phenoxy) is 1. The van der Waals surface area contributed by atoms with Gasteiger partial charge in [0.2, 0.25) is 5.88 Å². The highest BCUT2D eigenvalue weighted by Gasteiger charge is 2.08. The van der Waals surface area contributed by atoms with Crippen LogP contribution < -0.4 is 10.1 Å². The van der Waals surface area contributed by atoms with Crippen molar-refractivity contribution < 1.29 is 9.53 Å². The Kier molecular flexibility index (Phi) is 5.03. The first-order valence-corrected chi connectivity index (χ1v) is 9.06. The SMILES string of the molecule is Cc1cc(C)cc(C(=O)Nc2ccc(Oc3cc(-n4cccn4)ncn3)cc2)c1. The molecule has 0 saturated heterocycles. The van der Waals surface area contributed by atoms with Crippen molar-refractivity contribution in [1.82, 2.24) is 19.7 Å². The van der Waals surface area contributed by atoms with Crippen molar-refractivity contribution in [3.8, 4) is 17.4 Å². The van der Waals surface area contributed by atoms with Gasteiger partial charge in [0.05, 0.1) is 0 Å². The number of nitrogens with one attached hydrogen (secondary N) is 1. The zero-order valence-corrected chi connectivity index (χ0v) is 16.0. The Bertz CT molecular complexity index is 1120. The molecule has 7 heteroatoms. The summed E-state index contributed by atoms with van der Waals surface area (Å²) >= 11 is 0. The first-order chi connectivity index (χ1) is 14.1. The number of rotatable bonds is 5. The van der Waals surface area contributed by atoms with E-state index in [2.05, 4.69) is 20.4 Å². The molecular weight excluding hydrogens is 366 g/mol. The molecule has 1 N–H and O–H groups in total. The van der Waals surface area contributed by atoms with E-state index in [4.69, 9.17) is 4.74 Å². The van der Waals surface area contributed by atoms with Crippen molar-refractivity contribution >= 4 is 11.6 Å². The summed E-state index contributed by atoms with van der Waals surface area (Å²) < 4.78 is 7.41. The molecule has 4 aromatic rings. The van der Waals surface area contributed by atoms with E-state index < -0.39 is 0 Å². The van der Waals surface area contributed by atoms with Crippen molar-refractivity contribution in [2.45, 2.75) is 13.8 Å².